The third-order valence-electron chi connectivity index (χ3n) is 7.97. The van der Waals surface area contributed by atoms with E-state index in [1.54, 1.807) is 0 Å². The number of nitrogens with one attached hydrogen (secondary N) is 3. The summed E-state index contributed by atoms with van der Waals surface area (Å²) in [7, 11) is 0. The van der Waals surface area contributed by atoms with Crippen molar-refractivity contribution in [3.63, 3.8) is 0 Å². The lowest BCUT2D eigenvalue weighted by Gasteiger charge is -2.28. The van der Waals surface area contributed by atoms with Crippen LogP contribution in [0.15, 0.2) is 71.7 Å². The number of hydrogen-bond donors (Lipinski definition) is 4. The number of aliphatic imine (C=N–C) groups is 1. The minimum Gasteiger partial charge on any atom is -0.370 e. The molecule has 1 aliphatic heterocycles. The van der Waals surface area contributed by atoms with Crippen molar-refractivity contribution in [1.82, 2.24) is 20.9 Å². The Bertz CT molecular complexity index is 1400. The van der Waals surface area contributed by atoms with Crippen molar-refractivity contribution in [3.05, 3.63) is 83.4 Å². The zero-order valence-electron chi connectivity index (χ0n) is 25.5. The zero-order valence-corrected chi connectivity index (χ0v) is 27.6. The molecule has 3 aromatic rings. The summed E-state index contributed by atoms with van der Waals surface area (Å²) in [4.78, 5) is 33.5. The first-order valence-corrected chi connectivity index (χ1v) is 16.8. The summed E-state index contributed by atoms with van der Waals surface area (Å²) in [5.41, 5.74) is 9.16. The molecule has 3 aromatic carbocycles. The van der Waals surface area contributed by atoms with Gasteiger partial charge in [-0.25, -0.2) is 0 Å². The molecule has 1 heterocycles. The molecular formula is C34H45IN6O2. The number of alkyl halides is 1. The number of nitrogens with zero attached hydrogens (tertiary/aromatic N) is 2. The zero-order chi connectivity index (χ0) is 30.8. The molecule has 0 bridgehead atoms. The molecule has 9 heteroatoms. The molecule has 2 amide bonds. The van der Waals surface area contributed by atoms with E-state index in [0.29, 0.717) is 44.1 Å². The van der Waals surface area contributed by atoms with Crippen LogP contribution in [0.5, 0.6) is 0 Å². The topological polar surface area (TPSA) is 112 Å². The van der Waals surface area contributed by atoms with Crippen LogP contribution in [0.2, 0.25) is 0 Å². The van der Waals surface area contributed by atoms with E-state index in [0.717, 1.165) is 28.0 Å². The van der Waals surface area contributed by atoms with E-state index in [1.165, 1.54) is 11.1 Å². The van der Waals surface area contributed by atoms with Crippen LogP contribution in [0, 0.1) is 0 Å². The molecular weight excluding hydrogens is 651 g/mol. The normalized spacial score (nSPS) is 18.5. The van der Waals surface area contributed by atoms with E-state index in [9.17, 15) is 9.59 Å². The Morgan fingerprint density at radius 1 is 1.12 bits per heavy atom. The van der Waals surface area contributed by atoms with Gasteiger partial charge in [-0.15, -0.1) is 0 Å². The number of guanidine groups is 1. The average Bonchev–Trinajstić information content (AvgIpc) is 3.16. The van der Waals surface area contributed by atoms with Gasteiger partial charge in [0.2, 0.25) is 5.91 Å². The summed E-state index contributed by atoms with van der Waals surface area (Å²) >= 11 is 2.36. The summed E-state index contributed by atoms with van der Waals surface area (Å²) in [6.07, 6.45) is 2.20. The van der Waals surface area contributed by atoms with Crippen molar-refractivity contribution >= 4 is 51.1 Å². The van der Waals surface area contributed by atoms with Gasteiger partial charge >= 0.3 is 0 Å². The summed E-state index contributed by atoms with van der Waals surface area (Å²) in [6, 6.07) is 22.3. The summed E-state index contributed by atoms with van der Waals surface area (Å²) in [6.45, 7) is 8.32. The molecule has 5 N–H and O–H groups in total. The molecule has 0 aromatic heterocycles. The molecule has 4 rings (SSSR count). The number of rotatable bonds is 12. The first-order valence-electron chi connectivity index (χ1n) is 15.3. The van der Waals surface area contributed by atoms with E-state index >= 15 is 0 Å². The SMILES string of the molecule is CC[C@H](CN1CC[C@@H](CNC(=O)c2ccc3cc(CI)ccc3c2)N[C@@H](CCN=C(N)NC(C)C)C1=O)c1ccccc1. The molecule has 43 heavy (non-hydrogen) atoms. The second kappa shape index (κ2) is 16.0. The first-order chi connectivity index (χ1) is 20.8. The van der Waals surface area contributed by atoms with Crippen molar-refractivity contribution in [2.45, 2.75) is 68.5 Å². The van der Waals surface area contributed by atoms with Crippen LogP contribution in [0.25, 0.3) is 10.8 Å². The molecule has 0 unspecified atom stereocenters. The first kappa shape index (κ1) is 32.7. The van der Waals surface area contributed by atoms with Crippen molar-refractivity contribution in [3.8, 4) is 0 Å². The van der Waals surface area contributed by atoms with Gasteiger partial charge in [0.1, 0.15) is 0 Å². The van der Waals surface area contributed by atoms with Gasteiger partial charge < -0.3 is 26.6 Å². The smallest absolute Gasteiger partial charge is 0.251 e. The van der Waals surface area contributed by atoms with Crippen LogP contribution in [-0.4, -0.2) is 67.0 Å². The number of hydrogen-bond acceptors (Lipinski definition) is 4. The number of carbonyl (C=O) groups excluding carboxylic acids is 2. The fourth-order valence-corrected chi connectivity index (χ4v) is 6.06. The summed E-state index contributed by atoms with van der Waals surface area (Å²) in [5, 5.41) is 12.0. The molecule has 0 radical (unpaired) electrons. The lowest BCUT2D eigenvalue weighted by Crippen LogP contribution is -2.49. The van der Waals surface area contributed by atoms with Gasteiger partial charge in [-0.2, -0.15) is 0 Å². The Hall–Kier alpha value is -3.18. The minimum absolute atomic E-state index is 0.0542. The largest absolute Gasteiger partial charge is 0.370 e. The highest BCUT2D eigenvalue weighted by Crippen LogP contribution is 2.23. The lowest BCUT2D eigenvalue weighted by molar-refractivity contribution is -0.133. The Balaban J connectivity index is 1.45. The Morgan fingerprint density at radius 2 is 1.86 bits per heavy atom. The van der Waals surface area contributed by atoms with E-state index in [2.05, 4.69) is 92.9 Å². The number of nitrogens with two attached hydrogens (primary N) is 1. The summed E-state index contributed by atoms with van der Waals surface area (Å²) in [5.74, 6) is 0.603. The number of fused-ring (bicyclic) bond motifs is 1. The van der Waals surface area contributed by atoms with E-state index < -0.39 is 6.04 Å². The number of halogens is 1. The fraction of sp³-hybridized carbons (Fsp3) is 0.441. The summed E-state index contributed by atoms with van der Waals surface area (Å²) < 4.78 is 0.950. The van der Waals surface area contributed by atoms with Gasteiger partial charge in [0.15, 0.2) is 5.96 Å². The van der Waals surface area contributed by atoms with Crippen LogP contribution >= 0.6 is 22.6 Å². The maximum atomic E-state index is 13.8. The van der Waals surface area contributed by atoms with Crippen molar-refractivity contribution in [2.75, 3.05) is 26.2 Å². The Kier molecular flexibility index (Phi) is 12.2. The Morgan fingerprint density at radius 3 is 2.58 bits per heavy atom. The van der Waals surface area contributed by atoms with Crippen LogP contribution in [-0.2, 0) is 9.22 Å². The standard InChI is InChI=1S/C34H45IN6O2/c1-4-25(26-8-6-5-7-9-26)22-41-17-15-30(40-31(33(41)43)14-16-37-34(36)39-23(2)3)21-38-32(42)29-13-12-27-18-24(20-35)10-11-28(27)19-29/h5-13,18-19,23,25,30-31,40H,4,14-17,20-22H2,1-3H3,(H,38,42)(H3,36,37,39)/t25-,30+,31+/m1/s1. The second-order valence-corrected chi connectivity index (χ2v) is 12.4. The highest BCUT2D eigenvalue weighted by atomic mass is 127. The van der Waals surface area contributed by atoms with Crippen molar-refractivity contribution in [1.29, 1.82) is 0 Å². The molecule has 1 saturated heterocycles. The van der Waals surface area contributed by atoms with Crippen LogP contribution < -0.4 is 21.7 Å². The third kappa shape index (κ3) is 9.40. The van der Waals surface area contributed by atoms with Crippen molar-refractivity contribution in [2.24, 2.45) is 10.7 Å². The molecule has 0 aliphatic carbocycles. The molecule has 0 saturated carbocycles. The van der Waals surface area contributed by atoms with Crippen LogP contribution in [0.4, 0.5) is 0 Å². The monoisotopic (exact) mass is 696 g/mol. The molecule has 8 nitrogen and oxygen atoms in total. The maximum Gasteiger partial charge on any atom is 0.251 e. The Labute approximate surface area is 269 Å². The van der Waals surface area contributed by atoms with Gasteiger partial charge in [-0.1, -0.05) is 84.1 Å². The predicted molar refractivity (Wildman–Crippen MR) is 185 cm³/mol. The maximum absolute atomic E-state index is 13.8. The quantitative estimate of drug-likeness (QED) is 0.0927. The lowest BCUT2D eigenvalue weighted by atomic mass is 9.95. The highest BCUT2D eigenvalue weighted by molar-refractivity contribution is 14.1. The minimum atomic E-state index is -0.416. The number of carbonyl (C=O) groups is 2. The van der Waals surface area contributed by atoms with Crippen LogP contribution in [0.3, 0.4) is 0 Å². The molecule has 0 spiro atoms. The van der Waals surface area contributed by atoms with Gasteiger partial charge in [0.05, 0.1) is 6.04 Å². The highest BCUT2D eigenvalue weighted by Gasteiger charge is 2.32. The van der Waals surface area contributed by atoms with E-state index in [4.69, 9.17) is 5.73 Å². The average molecular weight is 697 g/mol. The van der Waals surface area contributed by atoms with Gasteiger partial charge in [0.25, 0.3) is 5.91 Å². The number of benzene rings is 3. The van der Waals surface area contributed by atoms with Gasteiger partial charge in [-0.05, 0) is 67.1 Å². The van der Waals surface area contributed by atoms with Crippen LogP contribution in [0.1, 0.15) is 67.4 Å². The number of amides is 2. The second-order valence-electron chi connectivity index (χ2n) is 11.6. The van der Waals surface area contributed by atoms with Gasteiger partial charge in [-0.3, -0.25) is 14.6 Å². The van der Waals surface area contributed by atoms with Gasteiger partial charge in [0, 0.05) is 54.2 Å². The fourth-order valence-electron chi connectivity index (χ4n) is 5.58. The molecule has 3 atom stereocenters. The van der Waals surface area contributed by atoms with Crippen molar-refractivity contribution < 1.29 is 9.59 Å². The molecule has 230 valence electrons. The van der Waals surface area contributed by atoms with E-state index in [1.807, 2.05) is 43.0 Å². The third-order valence-corrected chi connectivity index (χ3v) is 8.85. The molecule has 1 fully saturated rings. The predicted octanol–water partition coefficient (Wildman–Crippen LogP) is 4.96. The molecule has 1 aliphatic rings. The van der Waals surface area contributed by atoms with E-state index in [-0.39, 0.29) is 29.8 Å².